The van der Waals surface area contributed by atoms with E-state index >= 15 is 0 Å². The maximum atomic E-state index is 12.6. The van der Waals surface area contributed by atoms with Gasteiger partial charge >= 0.3 is 0 Å². The van der Waals surface area contributed by atoms with Crippen LogP contribution in [0.2, 0.25) is 0 Å². The quantitative estimate of drug-likeness (QED) is 0.715. The molecule has 3 N–H and O–H groups in total. The predicted octanol–water partition coefficient (Wildman–Crippen LogP) is 3.14. The van der Waals surface area contributed by atoms with E-state index in [9.17, 15) is 4.79 Å². The molecule has 1 amide bonds. The zero-order valence-corrected chi connectivity index (χ0v) is 17.2. The highest BCUT2D eigenvalue weighted by atomic mass is 16.5. The summed E-state index contributed by atoms with van der Waals surface area (Å²) in [5, 5.41) is 9.62. The molecule has 1 aromatic heterocycles. The van der Waals surface area contributed by atoms with Gasteiger partial charge in [-0.3, -0.25) is 4.79 Å². The number of anilines is 5. The number of carbonyl (C=O) groups excluding carboxylic acids is 1. The molecule has 2 unspecified atom stereocenters. The van der Waals surface area contributed by atoms with Gasteiger partial charge < -0.3 is 25.6 Å². The fourth-order valence-electron chi connectivity index (χ4n) is 3.65. The Morgan fingerprint density at radius 2 is 1.97 bits per heavy atom. The molecule has 2 aliphatic rings. The van der Waals surface area contributed by atoms with E-state index in [1.807, 2.05) is 19.1 Å². The van der Waals surface area contributed by atoms with Crippen LogP contribution in [0.4, 0.5) is 28.7 Å². The number of aryl methyl sites for hydroxylation is 1. The van der Waals surface area contributed by atoms with Crippen molar-refractivity contribution in [2.24, 2.45) is 5.92 Å². The molecule has 0 aliphatic carbocycles. The summed E-state index contributed by atoms with van der Waals surface area (Å²) in [7, 11) is 0. The minimum Gasteiger partial charge on any atom is -0.378 e. The summed E-state index contributed by atoms with van der Waals surface area (Å²) in [6.07, 6.45) is 0.908. The standard InChI is InChI=1S/C21H28N6O2/c1-4-13(2)17-21(28)26-18-19(22-14(3)23-20(18)25-17)24-15-5-7-16(8-6-15)27-9-11-29-12-10-27/h5-8,13,17H,4,9-12H2,1-3H3,(H,26,28)(H2,22,23,24,25). The first-order valence-electron chi connectivity index (χ1n) is 10.2. The van der Waals surface area contributed by atoms with Crippen LogP contribution >= 0.6 is 0 Å². The van der Waals surface area contributed by atoms with Gasteiger partial charge in [0.15, 0.2) is 11.6 Å². The van der Waals surface area contributed by atoms with Crippen LogP contribution in [0.25, 0.3) is 0 Å². The first-order chi connectivity index (χ1) is 14.0. The number of fused-ring (bicyclic) bond motifs is 1. The Labute approximate surface area is 171 Å². The molecule has 1 fully saturated rings. The van der Waals surface area contributed by atoms with Crippen molar-refractivity contribution in [2.75, 3.05) is 47.2 Å². The van der Waals surface area contributed by atoms with Crippen molar-refractivity contribution in [1.29, 1.82) is 0 Å². The number of nitrogens with one attached hydrogen (secondary N) is 3. The second-order valence-electron chi connectivity index (χ2n) is 7.61. The van der Waals surface area contributed by atoms with Crippen LogP contribution in [0.3, 0.4) is 0 Å². The highest BCUT2D eigenvalue weighted by Gasteiger charge is 2.32. The molecule has 3 heterocycles. The molecule has 29 heavy (non-hydrogen) atoms. The van der Waals surface area contributed by atoms with E-state index < -0.39 is 0 Å². The molecule has 1 aromatic carbocycles. The first-order valence-corrected chi connectivity index (χ1v) is 10.2. The maximum Gasteiger partial charge on any atom is 0.247 e. The highest BCUT2D eigenvalue weighted by Crippen LogP contribution is 2.35. The molecule has 8 heteroatoms. The number of aromatic nitrogens is 2. The third-order valence-electron chi connectivity index (χ3n) is 5.56. The van der Waals surface area contributed by atoms with Gasteiger partial charge in [0.2, 0.25) is 5.91 Å². The third kappa shape index (κ3) is 4.12. The van der Waals surface area contributed by atoms with Gasteiger partial charge in [-0.25, -0.2) is 9.97 Å². The number of rotatable bonds is 5. The number of amides is 1. The summed E-state index contributed by atoms with van der Waals surface area (Å²) in [5.74, 6) is 2.06. The van der Waals surface area contributed by atoms with E-state index in [0.717, 1.165) is 38.4 Å². The Bertz CT molecular complexity index is 879. The fraction of sp³-hybridized carbons (Fsp3) is 0.476. The summed E-state index contributed by atoms with van der Waals surface area (Å²) in [5.41, 5.74) is 2.67. The molecule has 0 spiro atoms. The van der Waals surface area contributed by atoms with Crippen molar-refractivity contribution >= 4 is 34.6 Å². The monoisotopic (exact) mass is 396 g/mol. The summed E-state index contributed by atoms with van der Waals surface area (Å²) >= 11 is 0. The van der Waals surface area contributed by atoms with Crippen molar-refractivity contribution in [1.82, 2.24) is 9.97 Å². The molecule has 0 bridgehead atoms. The Morgan fingerprint density at radius 3 is 2.66 bits per heavy atom. The van der Waals surface area contributed by atoms with Gasteiger partial charge in [0.05, 0.1) is 13.2 Å². The molecule has 0 radical (unpaired) electrons. The lowest BCUT2D eigenvalue weighted by Crippen LogP contribution is -2.43. The SMILES string of the molecule is CCC(C)C1Nc2nc(C)nc(Nc3ccc(N4CCOCC4)cc3)c2NC1=O. The van der Waals surface area contributed by atoms with E-state index in [1.165, 1.54) is 5.69 Å². The average Bonchev–Trinajstić information content (AvgIpc) is 2.74. The van der Waals surface area contributed by atoms with Crippen molar-refractivity contribution in [3.63, 3.8) is 0 Å². The highest BCUT2D eigenvalue weighted by molar-refractivity contribution is 6.05. The summed E-state index contributed by atoms with van der Waals surface area (Å²) in [6.45, 7) is 9.32. The predicted molar refractivity (Wildman–Crippen MR) is 115 cm³/mol. The molecule has 2 aliphatic heterocycles. The molecule has 154 valence electrons. The first kappa shape index (κ1) is 19.4. The largest absolute Gasteiger partial charge is 0.378 e. The molecule has 8 nitrogen and oxygen atoms in total. The minimum absolute atomic E-state index is 0.0509. The van der Waals surface area contributed by atoms with Gasteiger partial charge in [-0.1, -0.05) is 20.3 Å². The summed E-state index contributed by atoms with van der Waals surface area (Å²) in [4.78, 5) is 23.9. The fourth-order valence-corrected chi connectivity index (χ4v) is 3.65. The van der Waals surface area contributed by atoms with E-state index in [-0.39, 0.29) is 17.9 Å². The Kier molecular flexibility index (Phi) is 5.53. The maximum absolute atomic E-state index is 12.6. The lowest BCUT2D eigenvalue weighted by atomic mass is 9.97. The number of benzene rings is 1. The van der Waals surface area contributed by atoms with Crippen LogP contribution in [0.5, 0.6) is 0 Å². The zero-order chi connectivity index (χ0) is 20.4. The Balaban J connectivity index is 1.55. The molecular formula is C21H28N6O2. The van der Waals surface area contributed by atoms with Gasteiger partial charge in [0, 0.05) is 24.5 Å². The number of carbonyl (C=O) groups is 1. The molecular weight excluding hydrogens is 368 g/mol. The van der Waals surface area contributed by atoms with Crippen molar-refractivity contribution in [3.8, 4) is 0 Å². The van der Waals surface area contributed by atoms with Gasteiger partial charge in [-0.2, -0.15) is 0 Å². The van der Waals surface area contributed by atoms with Gasteiger partial charge in [0.1, 0.15) is 17.6 Å². The van der Waals surface area contributed by atoms with E-state index in [2.05, 4.69) is 56.8 Å². The van der Waals surface area contributed by atoms with Crippen molar-refractivity contribution in [3.05, 3.63) is 30.1 Å². The van der Waals surface area contributed by atoms with Gasteiger partial charge in [-0.05, 0) is 37.1 Å². The number of ether oxygens (including phenoxy) is 1. The average molecular weight is 396 g/mol. The van der Waals surface area contributed by atoms with Gasteiger partial charge in [0.25, 0.3) is 0 Å². The zero-order valence-electron chi connectivity index (χ0n) is 17.2. The minimum atomic E-state index is -0.289. The van der Waals surface area contributed by atoms with E-state index in [1.54, 1.807) is 0 Å². The van der Waals surface area contributed by atoms with E-state index in [0.29, 0.717) is 23.1 Å². The molecule has 2 aromatic rings. The molecule has 2 atom stereocenters. The second kappa shape index (κ2) is 8.24. The number of hydrogen-bond acceptors (Lipinski definition) is 7. The van der Waals surface area contributed by atoms with Crippen molar-refractivity contribution < 1.29 is 9.53 Å². The van der Waals surface area contributed by atoms with Crippen LogP contribution in [0.15, 0.2) is 24.3 Å². The van der Waals surface area contributed by atoms with Crippen LogP contribution in [0.1, 0.15) is 26.1 Å². The third-order valence-corrected chi connectivity index (χ3v) is 5.56. The Hall–Kier alpha value is -2.87. The second-order valence-corrected chi connectivity index (χ2v) is 7.61. The summed E-state index contributed by atoms with van der Waals surface area (Å²) in [6, 6.07) is 7.93. The Morgan fingerprint density at radius 1 is 1.24 bits per heavy atom. The van der Waals surface area contributed by atoms with Gasteiger partial charge in [-0.15, -0.1) is 0 Å². The lowest BCUT2D eigenvalue weighted by molar-refractivity contribution is -0.118. The number of hydrogen-bond donors (Lipinski definition) is 3. The molecule has 0 saturated carbocycles. The number of morpholine rings is 1. The smallest absolute Gasteiger partial charge is 0.247 e. The topological polar surface area (TPSA) is 91.4 Å². The normalized spacial score (nSPS) is 19.8. The van der Waals surface area contributed by atoms with Crippen molar-refractivity contribution in [2.45, 2.75) is 33.2 Å². The van der Waals surface area contributed by atoms with Crippen LogP contribution in [-0.4, -0.2) is 48.2 Å². The van der Waals surface area contributed by atoms with Crippen LogP contribution in [0, 0.1) is 12.8 Å². The van der Waals surface area contributed by atoms with Crippen LogP contribution < -0.4 is 20.9 Å². The lowest BCUT2D eigenvalue weighted by Gasteiger charge is -2.30. The number of nitrogens with zero attached hydrogens (tertiary/aromatic N) is 3. The van der Waals surface area contributed by atoms with E-state index in [4.69, 9.17) is 4.74 Å². The van der Waals surface area contributed by atoms with Crippen LogP contribution in [-0.2, 0) is 9.53 Å². The molecule has 1 saturated heterocycles. The molecule has 4 rings (SSSR count). The summed E-state index contributed by atoms with van der Waals surface area (Å²) < 4.78 is 5.42.